The van der Waals surface area contributed by atoms with Crippen molar-refractivity contribution in [2.24, 2.45) is 0 Å². The number of hydrogen-bond acceptors (Lipinski definition) is 4. The third-order valence-electron chi connectivity index (χ3n) is 3.58. The van der Waals surface area contributed by atoms with Crippen LogP contribution in [0.5, 0.6) is 5.75 Å². The van der Waals surface area contributed by atoms with Crippen LogP contribution in [0.4, 0.5) is 5.82 Å². The summed E-state index contributed by atoms with van der Waals surface area (Å²) in [4.78, 5) is 8.59. The van der Waals surface area contributed by atoms with Crippen LogP contribution in [0.3, 0.4) is 0 Å². The molecule has 1 aromatic heterocycles. The fourth-order valence-electron chi connectivity index (χ4n) is 2.31. The fourth-order valence-corrected chi connectivity index (χ4v) is 2.31. The molecule has 1 aliphatic carbocycles. The summed E-state index contributed by atoms with van der Waals surface area (Å²) in [7, 11) is 1.71. The Hall–Kier alpha value is -2.10. The first-order chi connectivity index (χ1) is 9.86. The number of nitrogens with one attached hydrogen (secondary N) is 1. The summed E-state index contributed by atoms with van der Waals surface area (Å²) in [5, 5.41) is 3.36. The lowest BCUT2D eigenvalue weighted by Gasteiger charge is -2.09. The molecule has 0 radical (unpaired) electrons. The second-order valence-corrected chi connectivity index (χ2v) is 5.09. The van der Waals surface area contributed by atoms with E-state index in [4.69, 9.17) is 4.74 Å². The average Bonchev–Trinajstić information content (AvgIpc) is 3.33. The summed E-state index contributed by atoms with van der Waals surface area (Å²) in [5.74, 6) is 2.51. The van der Waals surface area contributed by atoms with Gasteiger partial charge in [-0.1, -0.05) is 18.2 Å². The summed E-state index contributed by atoms with van der Waals surface area (Å²) in [6, 6.07) is 10.2. The first-order valence-electron chi connectivity index (χ1n) is 7.04. The van der Waals surface area contributed by atoms with Gasteiger partial charge in [0.15, 0.2) is 0 Å². The van der Waals surface area contributed by atoms with Crippen LogP contribution in [0, 0.1) is 0 Å². The van der Waals surface area contributed by atoms with Crippen molar-refractivity contribution in [2.75, 3.05) is 19.0 Å². The van der Waals surface area contributed by atoms with E-state index >= 15 is 0 Å². The molecular weight excluding hydrogens is 250 g/mol. The molecule has 1 heterocycles. The predicted molar refractivity (Wildman–Crippen MR) is 79.2 cm³/mol. The van der Waals surface area contributed by atoms with Crippen molar-refractivity contribution in [3.05, 3.63) is 47.9 Å². The lowest BCUT2D eigenvalue weighted by atomic mass is 10.1. The van der Waals surface area contributed by atoms with Crippen molar-refractivity contribution < 1.29 is 4.74 Å². The number of rotatable bonds is 6. The Bertz CT molecular complexity index is 581. The van der Waals surface area contributed by atoms with Crippen molar-refractivity contribution in [2.45, 2.75) is 25.2 Å². The number of para-hydroxylation sites is 1. The van der Waals surface area contributed by atoms with E-state index in [-0.39, 0.29) is 0 Å². The Balaban J connectivity index is 1.58. The van der Waals surface area contributed by atoms with Gasteiger partial charge in [0.25, 0.3) is 0 Å². The third-order valence-corrected chi connectivity index (χ3v) is 3.58. The van der Waals surface area contributed by atoms with Gasteiger partial charge in [-0.3, -0.25) is 0 Å². The molecule has 1 aliphatic rings. The van der Waals surface area contributed by atoms with Crippen LogP contribution in [0.2, 0.25) is 0 Å². The average molecular weight is 269 g/mol. The second-order valence-electron chi connectivity index (χ2n) is 5.09. The molecule has 0 bridgehead atoms. The Morgan fingerprint density at radius 2 is 2.10 bits per heavy atom. The van der Waals surface area contributed by atoms with E-state index in [1.165, 1.54) is 24.1 Å². The van der Waals surface area contributed by atoms with Crippen molar-refractivity contribution in [1.82, 2.24) is 9.97 Å². The highest BCUT2D eigenvalue weighted by Crippen LogP contribution is 2.39. The van der Waals surface area contributed by atoms with Gasteiger partial charge in [0.2, 0.25) is 0 Å². The topological polar surface area (TPSA) is 47.0 Å². The van der Waals surface area contributed by atoms with E-state index in [9.17, 15) is 0 Å². The molecule has 4 nitrogen and oxygen atoms in total. The van der Waals surface area contributed by atoms with E-state index in [1.54, 1.807) is 13.4 Å². The summed E-state index contributed by atoms with van der Waals surface area (Å²) in [6.07, 6.45) is 5.08. The van der Waals surface area contributed by atoms with Crippen molar-refractivity contribution in [1.29, 1.82) is 0 Å². The van der Waals surface area contributed by atoms with Gasteiger partial charge >= 0.3 is 0 Å². The molecule has 0 aliphatic heterocycles. The maximum atomic E-state index is 5.35. The minimum Gasteiger partial charge on any atom is -0.496 e. The SMILES string of the molecule is COc1ccccc1CCNc1cc(C2CC2)ncn1. The highest BCUT2D eigenvalue weighted by Gasteiger charge is 2.25. The molecule has 1 saturated carbocycles. The number of hydrogen-bond donors (Lipinski definition) is 1. The summed E-state index contributed by atoms with van der Waals surface area (Å²) in [6.45, 7) is 0.835. The van der Waals surface area contributed by atoms with Crippen molar-refractivity contribution >= 4 is 5.82 Å². The normalized spacial score (nSPS) is 14.1. The molecule has 0 atom stereocenters. The third kappa shape index (κ3) is 3.07. The number of anilines is 1. The van der Waals surface area contributed by atoms with Crippen LogP contribution in [0.25, 0.3) is 0 Å². The Labute approximate surface area is 119 Å². The Kier molecular flexibility index (Phi) is 3.81. The standard InChI is InChI=1S/C16H19N3O/c1-20-15-5-3-2-4-13(15)8-9-17-16-10-14(12-6-7-12)18-11-19-16/h2-5,10-12H,6-9H2,1H3,(H,17,18,19). The van der Waals surface area contributed by atoms with E-state index < -0.39 is 0 Å². The number of methoxy groups -OCH3 is 1. The lowest BCUT2D eigenvalue weighted by molar-refractivity contribution is 0.410. The maximum absolute atomic E-state index is 5.35. The molecule has 1 N–H and O–H groups in total. The van der Waals surface area contributed by atoms with E-state index in [0.717, 1.165) is 24.5 Å². The van der Waals surface area contributed by atoms with E-state index in [1.807, 2.05) is 18.2 Å². The van der Waals surface area contributed by atoms with Gasteiger partial charge in [-0.05, 0) is 30.9 Å². The first-order valence-corrected chi connectivity index (χ1v) is 7.04. The van der Waals surface area contributed by atoms with Crippen LogP contribution in [-0.2, 0) is 6.42 Å². The van der Waals surface area contributed by atoms with Gasteiger partial charge in [-0.25, -0.2) is 9.97 Å². The van der Waals surface area contributed by atoms with Crippen LogP contribution in [0.15, 0.2) is 36.7 Å². The zero-order valence-corrected chi connectivity index (χ0v) is 11.7. The van der Waals surface area contributed by atoms with Gasteiger partial charge < -0.3 is 10.1 Å². The molecular formula is C16H19N3O. The highest BCUT2D eigenvalue weighted by molar-refractivity contribution is 5.38. The second kappa shape index (κ2) is 5.90. The monoisotopic (exact) mass is 269 g/mol. The molecule has 20 heavy (non-hydrogen) atoms. The van der Waals surface area contributed by atoms with E-state index in [0.29, 0.717) is 5.92 Å². The Morgan fingerprint density at radius 1 is 1.25 bits per heavy atom. The summed E-state index contributed by atoms with van der Waals surface area (Å²) in [5.41, 5.74) is 2.37. The first kappa shape index (κ1) is 12.9. The van der Waals surface area contributed by atoms with E-state index in [2.05, 4.69) is 27.4 Å². The number of ether oxygens (including phenoxy) is 1. The van der Waals surface area contributed by atoms with Crippen LogP contribution >= 0.6 is 0 Å². The van der Waals surface area contributed by atoms with Gasteiger partial charge in [0.05, 0.1) is 7.11 Å². The van der Waals surface area contributed by atoms with Crippen LogP contribution in [-0.4, -0.2) is 23.6 Å². The Morgan fingerprint density at radius 3 is 2.90 bits per heavy atom. The molecule has 1 fully saturated rings. The predicted octanol–water partition coefficient (Wildman–Crippen LogP) is 3.02. The largest absolute Gasteiger partial charge is 0.496 e. The smallest absolute Gasteiger partial charge is 0.129 e. The number of benzene rings is 1. The zero-order chi connectivity index (χ0) is 13.8. The minimum absolute atomic E-state index is 0.660. The summed E-state index contributed by atoms with van der Waals surface area (Å²) < 4.78 is 5.35. The van der Waals surface area contributed by atoms with Crippen molar-refractivity contribution in [3.8, 4) is 5.75 Å². The molecule has 1 aromatic carbocycles. The van der Waals surface area contributed by atoms with Crippen LogP contribution < -0.4 is 10.1 Å². The zero-order valence-electron chi connectivity index (χ0n) is 11.7. The van der Waals surface area contributed by atoms with Crippen molar-refractivity contribution in [3.63, 3.8) is 0 Å². The summed E-state index contributed by atoms with van der Waals surface area (Å²) >= 11 is 0. The lowest BCUT2D eigenvalue weighted by Crippen LogP contribution is -2.07. The molecule has 0 saturated heterocycles. The quantitative estimate of drug-likeness (QED) is 0.875. The van der Waals surface area contributed by atoms with Gasteiger partial charge in [0, 0.05) is 24.2 Å². The van der Waals surface area contributed by atoms with Crippen LogP contribution in [0.1, 0.15) is 30.0 Å². The molecule has 0 amide bonds. The number of aromatic nitrogens is 2. The van der Waals surface area contributed by atoms with Gasteiger partial charge in [0.1, 0.15) is 17.9 Å². The van der Waals surface area contributed by atoms with Gasteiger partial charge in [-0.15, -0.1) is 0 Å². The molecule has 2 aromatic rings. The molecule has 3 rings (SSSR count). The molecule has 104 valence electrons. The highest BCUT2D eigenvalue weighted by atomic mass is 16.5. The molecule has 4 heteroatoms. The number of nitrogens with zero attached hydrogens (tertiary/aromatic N) is 2. The minimum atomic E-state index is 0.660. The molecule has 0 spiro atoms. The fraction of sp³-hybridized carbons (Fsp3) is 0.375. The maximum Gasteiger partial charge on any atom is 0.129 e. The van der Waals surface area contributed by atoms with Gasteiger partial charge in [-0.2, -0.15) is 0 Å². The molecule has 0 unspecified atom stereocenters.